The summed E-state index contributed by atoms with van der Waals surface area (Å²) in [5.74, 6) is -0.675. The highest BCUT2D eigenvalue weighted by atomic mass is 35.5. The maximum absolute atomic E-state index is 12.6. The maximum atomic E-state index is 12.6. The molecule has 0 aliphatic carbocycles. The minimum atomic E-state index is -3.65. The lowest BCUT2D eigenvalue weighted by Crippen LogP contribution is -2.21. The highest BCUT2D eigenvalue weighted by molar-refractivity contribution is 7.91. The van der Waals surface area contributed by atoms with E-state index in [2.05, 4.69) is 10.3 Å². The molecule has 0 aromatic carbocycles. The Labute approximate surface area is 157 Å². The van der Waals surface area contributed by atoms with Gasteiger partial charge in [0.1, 0.15) is 22.4 Å². The summed E-state index contributed by atoms with van der Waals surface area (Å²) in [5.41, 5.74) is 0.0761. The Kier molecular flexibility index (Phi) is 5.44. The summed E-state index contributed by atoms with van der Waals surface area (Å²) in [6.07, 6.45) is 2.73. The molecule has 9 heteroatoms. The van der Waals surface area contributed by atoms with E-state index in [0.717, 1.165) is 0 Å². The lowest BCUT2D eigenvalue weighted by molar-refractivity contribution is 0.101. The lowest BCUT2D eigenvalue weighted by atomic mass is 10.0. The quantitative estimate of drug-likeness (QED) is 0.858. The fourth-order valence-electron chi connectivity index (χ4n) is 2.45. The van der Waals surface area contributed by atoms with Gasteiger partial charge in [-0.3, -0.25) is 4.79 Å². The summed E-state index contributed by atoms with van der Waals surface area (Å²) in [5, 5.41) is 11.3. The van der Waals surface area contributed by atoms with Gasteiger partial charge in [0.25, 0.3) is 5.91 Å². The Bertz CT molecular complexity index is 998. The minimum absolute atomic E-state index is 0.0227. The Morgan fingerprint density at radius 3 is 2.65 bits per heavy atom. The minimum Gasteiger partial charge on any atom is -0.344 e. The molecule has 0 fully saturated rings. The predicted molar refractivity (Wildman–Crippen MR) is 98.8 cm³/mol. The van der Waals surface area contributed by atoms with Crippen molar-refractivity contribution in [3.8, 4) is 6.07 Å². The summed E-state index contributed by atoms with van der Waals surface area (Å²) >= 11 is 6.24. The van der Waals surface area contributed by atoms with E-state index in [1.54, 1.807) is 7.05 Å². The highest BCUT2D eigenvalue weighted by Crippen LogP contribution is 2.31. The summed E-state index contributed by atoms with van der Waals surface area (Å²) in [7, 11) is -2.11. The van der Waals surface area contributed by atoms with Gasteiger partial charge in [-0.15, -0.1) is 0 Å². The molecular weight excluding hydrogens is 376 g/mol. The fourth-order valence-corrected chi connectivity index (χ4v) is 5.06. The first kappa shape index (κ1) is 19.9. The van der Waals surface area contributed by atoms with Crippen LogP contribution in [-0.4, -0.2) is 29.6 Å². The number of rotatable bonds is 4. The van der Waals surface area contributed by atoms with E-state index in [4.69, 9.17) is 16.9 Å². The van der Waals surface area contributed by atoms with Crippen LogP contribution in [0.15, 0.2) is 29.4 Å². The first-order valence-electron chi connectivity index (χ1n) is 7.70. The zero-order valence-corrected chi connectivity index (χ0v) is 16.4. The van der Waals surface area contributed by atoms with E-state index < -0.39 is 21.2 Å². The molecule has 2 rings (SSSR count). The van der Waals surface area contributed by atoms with Crippen molar-refractivity contribution in [2.75, 3.05) is 11.1 Å². The summed E-state index contributed by atoms with van der Waals surface area (Å²) in [6, 6.07) is 4.81. The van der Waals surface area contributed by atoms with Crippen LogP contribution >= 0.6 is 11.6 Å². The molecule has 0 bridgehead atoms. The van der Waals surface area contributed by atoms with Crippen LogP contribution < -0.4 is 5.32 Å². The second-order valence-electron chi connectivity index (χ2n) is 7.08. The third-order valence-corrected chi connectivity index (χ3v) is 6.11. The molecule has 2 aromatic heterocycles. The van der Waals surface area contributed by atoms with Crippen molar-refractivity contribution in [1.29, 1.82) is 5.26 Å². The average Bonchev–Trinajstić information content (AvgIpc) is 2.80. The smallest absolute Gasteiger partial charge is 0.273 e. The number of anilines is 1. The van der Waals surface area contributed by atoms with Crippen molar-refractivity contribution < 1.29 is 13.2 Å². The Hall–Kier alpha value is -2.37. The van der Waals surface area contributed by atoms with Crippen LogP contribution in [0, 0.1) is 16.7 Å². The first-order chi connectivity index (χ1) is 11.9. The second-order valence-corrected chi connectivity index (χ2v) is 9.42. The maximum Gasteiger partial charge on any atom is 0.273 e. The number of aromatic nitrogens is 2. The molecule has 2 aromatic rings. The van der Waals surface area contributed by atoms with E-state index in [1.807, 2.05) is 26.8 Å². The topological polar surface area (TPSA) is 105 Å². The molecule has 2 heterocycles. The van der Waals surface area contributed by atoms with Crippen molar-refractivity contribution >= 4 is 33.0 Å². The molecule has 0 saturated heterocycles. The monoisotopic (exact) mass is 394 g/mol. The first-order valence-corrected chi connectivity index (χ1v) is 9.73. The standard InChI is InChI=1S/C17H19ClN4O3S/c1-17(2,3)10-26(24,25)13-9-22(4)15(14(13)18)16(23)21-11-5-6-20-12(7-11)8-19/h5-7,9H,10H2,1-4H3,(H,20,21,23). The third kappa shape index (κ3) is 4.42. The van der Waals surface area contributed by atoms with Crippen LogP contribution in [0.5, 0.6) is 0 Å². The van der Waals surface area contributed by atoms with Crippen molar-refractivity contribution in [2.24, 2.45) is 12.5 Å². The number of sulfone groups is 1. The van der Waals surface area contributed by atoms with E-state index in [-0.39, 0.29) is 27.1 Å². The van der Waals surface area contributed by atoms with Crippen LogP contribution in [0.3, 0.4) is 0 Å². The van der Waals surface area contributed by atoms with Gasteiger partial charge in [-0.1, -0.05) is 32.4 Å². The van der Waals surface area contributed by atoms with Gasteiger partial charge < -0.3 is 9.88 Å². The Balaban J connectivity index is 2.38. The van der Waals surface area contributed by atoms with Crippen LogP contribution in [0.2, 0.25) is 5.02 Å². The zero-order valence-electron chi connectivity index (χ0n) is 14.9. The van der Waals surface area contributed by atoms with Crippen molar-refractivity contribution in [1.82, 2.24) is 9.55 Å². The molecule has 1 N–H and O–H groups in total. The number of amides is 1. The molecule has 26 heavy (non-hydrogen) atoms. The van der Waals surface area contributed by atoms with Crippen molar-refractivity contribution in [3.63, 3.8) is 0 Å². The van der Waals surface area contributed by atoms with E-state index in [0.29, 0.717) is 5.69 Å². The number of nitrogens with one attached hydrogen (secondary N) is 1. The number of nitriles is 1. The van der Waals surface area contributed by atoms with Gasteiger partial charge in [-0.05, 0) is 17.5 Å². The number of nitrogens with zero attached hydrogens (tertiary/aromatic N) is 3. The number of pyridine rings is 1. The lowest BCUT2D eigenvalue weighted by Gasteiger charge is -2.17. The number of aryl methyl sites for hydroxylation is 1. The second kappa shape index (κ2) is 7.09. The molecule has 0 aliphatic rings. The van der Waals surface area contributed by atoms with E-state index in [1.165, 1.54) is 29.1 Å². The SMILES string of the molecule is Cn1cc(S(=O)(=O)CC(C)(C)C)c(Cl)c1C(=O)Nc1ccnc(C#N)c1. The zero-order chi connectivity index (χ0) is 19.7. The average molecular weight is 395 g/mol. The number of hydrogen-bond acceptors (Lipinski definition) is 5. The van der Waals surface area contributed by atoms with Crippen LogP contribution in [0.1, 0.15) is 37.0 Å². The number of hydrogen-bond donors (Lipinski definition) is 1. The molecule has 0 saturated carbocycles. The van der Waals surface area contributed by atoms with Crippen molar-refractivity contribution in [3.05, 3.63) is 40.9 Å². The normalized spacial score (nSPS) is 11.8. The summed E-state index contributed by atoms with van der Waals surface area (Å²) < 4.78 is 26.6. The molecule has 0 atom stereocenters. The van der Waals surface area contributed by atoms with Gasteiger partial charge >= 0.3 is 0 Å². The molecule has 0 unspecified atom stereocenters. The highest BCUT2D eigenvalue weighted by Gasteiger charge is 2.30. The Morgan fingerprint density at radius 2 is 2.08 bits per heavy atom. The van der Waals surface area contributed by atoms with Gasteiger partial charge in [0, 0.05) is 25.1 Å². The van der Waals surface area contributed by atoms with Gasteiger partial charge in [0.15, 0.2) is 9.84 Å². The number of carbonyl (C=O) groups is 1. The largest absolute Gasteiger partial charge is 0.344 e. The molecule has 7 nitrogen and oxygen atoms in total. The molecule has 0 aliphatic heterocycles. The van der Waals surface area contributed by atoms with Crippen LogP contribution in [0.4, 0.5) is 5.69 Å². The number of carbonyl (C=O) groups excluding carboxylic acids is 1. The fraction of sp³-hybridized carbons (Fsp3) is 0.353. The molecule has 1 amide bonds. The molecule has 0 radical (unpaired) electrons. The van der Waals surface area contributed by atoms with Gasteiger partial charge in [0.2, 0.25) is 0 Å². The van der Waals surface area contributed by atoms with Crippen molar-refractivity contribution in [2.45, 2.75) is 25.7 Å². The molecular formula is C17H19ClN4O3S. The number of halogens is 1. The Morgan fingerprint density at radius 1 is 1.42 bits per heavy atom. The molecule has 138 valence electrons. The van der Waals surface area contributed by atoms with Crippen LogP contribution in [0.25, 0.3) is 0 Å². The molecule has 0 spiro atoms. The van der Waals surface area contributed by atoms with E-state index >= 15 is 0 Å². The summed E-state index contributed by atoms with van der Waals surface area (Å²) in [6.45, 7) is 5.43. The van der Waals surface area contributed by atoms with E-state index in [9.17, 15) is 13.2 Å². The predicted octanol–water partition coefficient (Wildman–Crippen LogP) is 3.02. The third-order valence-electron chi connectivity index (χ3n) is 3.39. The van der Waals surface area contributed by atoms with Crippen LogP contribution in [-0.2, 0) is 16.9 Å². The van der Waals surface area contributed by atoms with Gasteiger partial charge in [0.05, 0.1) is 10.8 Å². The summed E-state index contributed by atoms with van der Waals surface area (Å²) in [4.78, 5) is 16.3. The van der Waals surface area contributed by atoms with Gasteiger partial charge in [-0.2, -0.15) is 5.26 Å². The van der Waals surface area contributed by atoms with Gasteiger partial charge in [-0.25, -0.2) is 13.4 Å².